The van der Waals surface area contributed by atoms with E-state index in [0.29, 0.717) is 0 Å². The first-order chi connectivity index (χ1) is 33.7. The molecule has 0 aromatic heterocycles. The van der Waals surface area contributed by atoms with Crippen LogP contribution in [0.4, 0.5) is 17.3 Å². The molecule has 8 N–H and O–H groups in total. The average Bonchev–Trinajstić information content (AvgIpc) is 3.34. The molecule has 0 bridgehead atoms. The van der Waals surface area contributed by atoms with Crippen molar-refractivity contribution in [1.82, 2.24) is 39.2 Å². The van der Waals surface area contributed by atoms with Crippen molar-refractivity contribution in [3.05, 3.63) is 0 Å². The number of nitrogens with zero attached hydrogens (tertiary/aromatic N) is 8. The average molecular weight is 1060 g/mol. The third-order valence-electron chi connectivity index (χ3n) is 10.7. The highest BCUT2D eigenvalue weighted by Gasteiger charge is 1.99. The van der Waals surface area contributed by atoms with E-state index in [1.54, 1.807) is 0 Å². The van der Waals surface area contributed by atoms with Crippen LogP contribution < -0.4 is 0 Å². The minimum absolute atomic E-state index is 1.19. The molecule has 0 aliphatic carbocycles. The smallest absolute Gasteiger partial charge is 0.398 e. The molecular formula is C48H128B4F4N8O8. The maximum Gasteiger partial charge on any atom is 0.674 e. The van der Waals surface area contributed by atoms with Crippen molar-refractivity contribution in [2.24, 2.45) is 0 Å². The Morgan fingerprint density at radius 1 is 0.167 bits per heavy atom. The number of hydrogen-bond donors (Lipinski definition) is 8. The second kappa shape index (κ2) is 96.0. The molecule has 0 amide bonds. The molecule has 0 saturated carbocycles. The molecule has 0 rings (SSSR count). The molecule has 0 atom stereocenters. The van der Waals surface area contributed by atoms with Gasteiger partial charge in [0, 0.05) is 0 Å². The van der Waals surface area contributed by atoms with Gasteiger partial charge in [-0.1, -0.05) is 166 Å². The van der Waals surface area contributed by atoms with E-state index in [0.717, 1.165) is 0 Å². The number of hydrogen-bond acceptors (Lipinski definition) is 16. The Morgan fingerprint density at radius 3 is 0.194 bits per heavy atom. The predicted molar refractivity (Wildman–Crippen MR) is 313 cm³/mol. The fraction of sp³-hybridized carbons (Fsp3) is 1.00. The molecule has 0 unspecified atom stereocenters. The summed E-state index contributed by atoms with van der Waals surface area (Å²) < 4.78 is 40.4. The van der Waals surface area contributed by atoms with Gasteiger partial charge in [0.05, 0.1) is 0 Å². The zero-order valence-corrected chi connectivity index (χ0v) is 51.9. The summed E-state index contributed by atoms with van der Waals surface area (Å²) in [5.74, 6) is 0. The van der Waals surface area contributed by atoms with Crippen LogP contribution in [0.5, 0.6) is 0 Å². The summed E-state index contributed by atoms with van der Waals surface area (Å²) in [5, 5.41) is 55.6. The molecule has 0 saturated heterocycles. The zero-order valence-electron chi connectivity index (χ0n) is 51.9. The molecule has 448 valence electrons. The summed E-state index contributed by atoms with van der Waals surface area (Å²) in [7, 11) is -10.7. The largest absolute Gasteiger partial charge is 0.674 e. The summed E-state index contributed by atoms with van der Waals surface area (Å²) in [6.45, 7) is 81.0. The minimum atomic E-state index is -2.67. The van der Waals surface area contributed by atoms with Gasteiger partial charge in [-0.25, -0.2) is 0 Å². The lowest BCUT2D eigenvalue weighted by molar-refractivity contribution is 0.321. The Morgan fingerprint density at radius 2 is 0.194 bits per heavy atom. The molecule has 24 heteroatoms. The first-order valence-electron chi connectivity index (χ1n) is 27.5. The summed E-state index contributed by atoms with van der Waals surface area (Å²) in [6, 6.07) is 0. The van der Waals surface area contributed by atoms with Crippen LogP contribution in [-0.4, -0.2) is 266 Å². The molecule has 0 aromatic carbocycles. The number of rotatable bonds is 24. The van der Waals surface area contributed by atoms with Crippen LogP contribution in [0, 0.1) is 0 Å². The van der Waals surface area contributed by atoms with E-state index in [1.807, 2.05) is 0 Å². The number of halogens is 4. The Hall–Kier alpha value is -0.660. The molecule has 72 heavy (non-hydrogen) atoms. The molecule has 0 fully saturated rings. The van der Waals surface area contributed by atoms with E-state index in [1.165, 1.54) is 157 Å². The fourth-order valence-electron chi connectivity index (χ4n) is 5.37. The van der Waals surface area contributed by atoms with Crippen LogP contribution >= 0.6 is 0 Å². The van der Waals surface area contributed by atoms with E-state index in [4.69, 9.17) is 40.2 Å². The van der Waals surface area contributed by atoms with Gasteiger partial charge in [0.25, 0.3) is 0 Å². The maximum absolute atomic E-state index is 10.1. The zero-order chi connectivity index (χ0) is 59.9. The van der Waals surface area contributed by atoms with Crippen molar-refractivity contribution < 1.29 is 57.5 Å². The molecule has 0 aliphatic heterocycles. The van der Waals surface area contributed by atoms with Gasteiger partial charge >= 0.3 is 29.6 Å². The Bertz CT molecular complexity index is 558. The monoisotopic (exact) mass is 1070 g/mol. The van der Waals surface area contributed by atoms with Crippen molar-refractivity contribution >= 4 is 29.6 Å². The van der Waals surface area contributed by atoms with Gasteiger partial charge in [0.2, 0.25) is 0 Å². The van der Waals surface area contributed by atoms with E-state index >= 15 is 0 Å². The van der Waals surface area contributed by atoms with E-state index in [-0.39, 0.29) is 0 Å². The summed E-state index contributed by atoms with van der Waals surface area (Å²) in [6.07, 6.45) is 0. The molecule has 0 radical (unpaired) electrons. The lowest BCUT2D eigenvalue weighted by atomic mass is 10.3. The standard InChI is InChI=1S/8C6H15N.4BFH2O2/c8*1-4-7(5-2)6-3;4*2-1(3)4/h8*4-6H2,1-3H3;4*3-4H. The van der Waals surface area contributed by atoms with Crippen LogP contribution in [0.3, 0.4) is 0 Å². The maximum atomic E-state index is 10.1. The molecule has 16 nitrogen and oxygen atoms in total. The second-order valence-corrected chi connectivity index (χ2v) is 14.2. The highest BCUT2D eigenvalue weighted by molar-refractivity contribution is 6.32. The Balaban J connectivity index is -0.0000000549. The topological polar surface area (TPSA) is 188 Å². The van der Waals surface area contributed by atoms with Gasteiger partial charge in [0.1, 0.15) is 0 Å². The van der Waals surface area contributed by atoms with Crippen LogP contribution in [0.15, 0.2) is 0 Å². The normalized spacial score (nSPS) is 9.50. The lowest BCUT2D eigenvalue weighted by Crippen LogP contribution is -2.21. The molecule has 0 aromatic rings. The quantitative estimate of drug-likeness (QED) is 0.0387. The fourth-order valence-corrected chi connectivity index (χ4v) is 5.37. The third-order valence-corrected chi connectivity index (χ3v) is 10.7. The van der Waals surface area contributed by atoms with Crippen LogP contribution in [0.1, 0.15) is 166 Å². The third kappa shape index (κ3) is 145. The second-order valence-electron chi connectivity index (χ2n) is 14.2. The molecule has 0 heterocycles. The van der Waals surface area contributed by atoms with Gasteiger partial charge in [-0.2, -0.15) is 0 Å². The van der Waals surface area contributed by atoms with Crippen LogP contribution in [-0.2, 0) is 0 Å². The lowest BCUT2D eigenvalue weighted by Gasteiger charge is -2.13. The van der Waals surface area contributed by atoms with Crippen molar-refractivity contribution in [1.29, 1.82) is 0 Å². The molecule has 0 aliphatic rings. The Labute approximate surface area is 448 Å². The van der Waals surface area contributed by atoms with Crippen LogP contribution in [0.25, 0.3) is 0 Å². The first-order valence-corrected chi connectivity index (χ1v) is 27.5. The summed E-state index contributed by atoms with van der Waals surface area (Å²) in [4.78, 5) is 19.0. The van der Waals surface area contributed by atoms with Crippen molar-refractivity contribution in [3.63, 3.8) is 0 Å². The van der Waals surface area contributed by atoms with Gasteiger partial charge in [0.15, 0.2) is 0 Å². The van der Waals surface area contributed by atoms with Gasteiger partial charge in [-0.05, 0) is 157 Å². The van der Waals surface area contributed by atoms with Crippen molar-refractivity contribution in [3.8, 4) is 0 Å². The highest BCUT2D eigenvalue weighted by Crippen LogP contribution is 1.86. The van der Waals surface area contributed by atoms with Crippen molar-refractivity contribution in [2.45, 2.75) is 166 Å². The van der Waals surface area contributed by atoms with Crippen molar-refractivity contribution in [2.75, 3.05) is 157 Å². The van der Waals surface area contributed by atoms with Crippen LogP contribution in [0.2, 0.25) is 0 Å². The SMILES string of the molecule is CCN(CC)CC.CCN(CC)CC.CCN(CC)CC.CCN(CC)CC.CCN(CC)CC.CCN(CC)CC.CCN(CC)CC.CCN(CC)CC.OB(O)F.OB(O)F.OB(O)F.OB(O)F. The Kier molecular flexibility index (Phi) is 134. The summed E-state index contributed by atoms with van der Waals surface area (Å²) in [5.41, 5.74) is 0. The summed E-state index contributed by atoms with van der Waals surface area (Å²) >= 11 is 0. The minimum Gasteiger partial charge on any atom is -0.398 e. The molecule has 0 spiro atoms. The van der Waals surface area contributed by atoms with Gasteiger partial charge in [-0.15, -0.1) is 0 Å². The van der Waals surface area contributed by atoms with E-state index in [2.05, 4.69) is 205 Å². The van der Waals surface area contributed by atoms with E-state index < -0.39 is 29.6 Å². The predicted octanol–water partition coefficient (Wildman–Crippen LogP) is 6.49. The highest BCUT2D eigenvalue weighted by atomic mass is 19.1. The molecular weight excluding hydrogens is 936 g/mol. The first kappa shape index (κ1) is 100. The van der Waals surface area contributed by atoms with Gasteiger partial charge in [-0.3, -0.25) is 17.3 Å². The van der Waals surface area contributed by atoms with E-state index in [9.17, 15) is 17.3 Å². The van der Waals surface area contributed by atoms with Gasteiger partial charge < -0.3 is 79.4 Å².